The van der Waals surface area contributed by atoms with Crippen molar-refractivity contribution < 1.29 is 9.53 Å². The highest BCUT2D eigenvalue weighted by Crippen LogP contribution is 2.19. The zero-order valence-corrected chi connectivity index (χ0v) is 15.3. The Labute approximate surface area is 157 Å². The number of nitrogens with zero attached hydrogens (tertiary/aromatic N) is 1. The molecule has 1 heterocycles. The molecule has 0 saturated carbocycles. The number of carbonyl (C=O) groups excluding carboxylic acids is 1. The molecule has 0 unspecified atom stereocenters. The Kier molecular flexibility index (Phi) is 6.28. The van der Waals surface area contributed by atoms with Crippen molar-refractivity contribution in [2.24, 2.45) is 0 Å². The van der Waals surface area contributed by atoms with Crippen molar-refractivity contribution >= 4 is 23.4 Å². The number of ether oxygens (including phenoxy) is 1. The van der Waals surface area contributed by atoms with Gasteiger partial charge < -0.3 is 10.1 Å². The van der Waals surface area contributed by atoms with Crippen LogP contribution in [0.4, 0.5) is 5.69 Å². The van der Waals surface area contributed by atoms with Gasteiger partial charge in [0.15, 0.2) is 0 Å². The second kappa shape index (κ2) is 9.06. The van der Waals surface area contributed by atoms with Crippen LogP contribution in [0.3, 0.4) is 0 Å². The molecule has 0 aliphatic carbocycles. The molecule has 0 atom stereocenters. The molecule has 3 aromatic rings. The van der Waals surface area contributed by atoms with Crippen molar-refractivity contribution in [3.8, 4) is 5.75 Å². The van der Waals surface area contributed by atoms with Gasteiger partial charge in [-0.1, -0.05) is 24.3 Å². The van der Waals surface area contributed by atoms with Gasteiger partial charge in [0.25, 0.3) is 5.91 Å². The summed E-state index contributed by atoms with van der Waals surface area (Å²) in [6.45, 7) is 0.433. The van der Waals surface area contributed by atoms with E-state index in [-0.39, 0.29) is 5.91 Å². The number of thioether (sulfide) groups is 1. The quantitative estimate of drug-likeness (QED) is 0.656. The fraction of sp³-hybridized carbons (Fsp3) is 0.143. The number of nitrogens with one attached hydrogen (secondary N) is 1. The van der Waals surface area contributed by atoms with Crippen molar-refractivity contribution in [2.75, 3.05) is 11.6 Å². The monoisotopic (exact) mass is 364 g/mol. The molecular weight excluding hydrogens is 344 g/mol. The standard InChI is InChI=1S/C21H20N2O2S/c1-26-15-16-7-9-18(10-8-16)21(24)23-19-5-2-6-20(12-19)25-14-17-4-3-11-22-13-17/h2-13H,14-15H2,1H3,(H,23,24). The van der Waals surface area contributed by atoms with Crippen LogP contribution in [0.25, 0.3) is 0 Å². The number of pyridine rings is 1. The van der Waals surface area contributed by atoms with E-state index < -0.39 is 0 Å². The molecule has 5 heteroatoms. The van der Waals surface area contributed by atoms with Gasteiger partial charge in [-0.05, 0) is 42.2 Å². The molecule has 0 fully saturated rings. The number of anilines is 1. The largest absolute Gasteiger partial charge is 0.489 e. The Morgan fingerprint density at radius 3 is 2.65 bits per heavy atom. The molecule has 1 amide bonds. The minimum atomic E-state index is -0.134. The van der Waals surface area contributed by atoms with Crippen molar-refractivity contribution in [3.63, 3.8) is 0 Å². The Bertz CT molecular complexity index is 851. The van der Waals surface area contributed by atoms with E-state index in [2.05, 4.69) is 16.6 Å². The predicted octanol–water partition coefficient (Wildman–Crippen LogP) is 4.78. The first-order valence-corrected chi connectivity index (χ1v) is 9.65. The molecule has 1 N–H and O–H groups in total. The van der Waals surface area contributed by atoms with Crippen LogP contribution in [-0.4, -0.2) is 17.1 Å². The fourth-order valence-corrected chi connectivity index (χ4v) is 2.96. The van der Waals surface area contributed by atoms with E-state index in [0.29, 0.717) is 23.6 Å². The van der Waals surface area contributed by atoms with Crippen LogP contribution >= 0.6 is 11.8 Å². The maximum Gasteiger partial charge on any atom is 0.255 e. The molecule has 0 saturated heterocycles. The number of amides is 1. The van der Waals surface area contributed by atoms with Gasteiger partial charge >= 0.3 is 0 Å². The number of aromatic nitrogens is 1. The number of hydrogen-bond acceptors (Lipinski definition) is 4. The fourth-order valence-electron chi connectivity index (χ4n) is 2.44. The molecule has 0 aliphatic rings. The van der Waals surface area contributed by atoms with E-state index in [1.54, 1.807) is 24.2 Å². The minimum absolute atomic E-state index is 0.134. The van der Waals surface area contributed by atoms with Crippen LogP contribution < -0.4 is 10.1 Å². The van der Waals surface area contributed by atoms with E-state index in [1.165, 1.54) is 5.56 Å². The lowest BCUT2D eigenvalue weighted by molar-refractivity contribution is 0.102. The van der Waals surface area contributed by atoms with Gasteiger partial charge in [-0.3, -0.25) is 9.78 Å². The highest BCUT2D eigenvalue weighted by molar-refractivity contribution is 7.97. The highest BCUT2D eigenvalue weighted by Gasteiger charge is 2.07. The molecule has 0 radical (unpaired) electrons. The van der Waals surface area contributed by atoms with Crippen LogP contribution in [0.15, 0.2) is 73.1 Å². The average Bonchev–Trinajstić information content (AvgIpc) is 2.68. The summed E-state index contributed by atoms with van der Waals surface area (Å²) in [5.74, 6) is 1.50. The lowest BCUT2D eigenvalue weighted by atomic mass is 10.1. The molecule has 2 aromatic carbocycles. The summed E-state index contributed by atoms with van der Waals surface area (Å²) in [6.07, 6.45) is 5.56. The summed E-state index contributed by atoms with van der Waals surface area (Å²) in [5, 5.41) is 2.91. The Morgan fingerprint density at radius 2 is 1.92 bits per heavy atom. The Hall–Kier alpha value is -2.79. The summed E-state index contributed by atoms with van der Waals surface area (Å²) in [5.41, 5.74) is 3.54. The molecule has 3 rings (SSSR count). The predicted molar refractivity (Wildman–Crippen MR) is 107 cm³/mol. The normalized spacial score (nSPS) is 10.3. The topological polar surface area (TPSA) is 51.2 Å². The van der Waals surface area contributed by atoms with Crippen LogP contribution in [0.2, 0.25) is 0 Å². The molecule has 26 heavy (non-hydrogen) atoms. The summed E-state index contributed by atoms with van der Waals surface area (Å²) in [7, 11) is 0. The number of carbonyl (C=O) groups is 1. The van der Waals surface area contributed by atoms with Crippen LogP contribution in [0.5, 0.6) is 5.75 Å². The lowest BCUT2D eigenvalue weighted by Gasteiger charge is -2.09. The second-order valence-electron chi connectivity index (χ2n) is 5.76. The van der Waals surface area contributed by atoms with Crippen molar-refractivity contribution in [1.29, 1.82) is 0 Å². The van der Waals surface area contributed by atoms with Gasteiger partial charge in [0.2, 0.25) is 0 Å². The number of benzene rings is 2. The first kappa shape index (κ1) is 18.0. The van der Waals surface area contributed by atoms with Crippen LogP contribution in [-0.2, 0) is 12.4 Å². The van der Waals surface area contributed by atoms with Crippen molar-refractivity contribution in [2.45, 2.75) is 12.4 Å². The van der Waals surface area contributed by atoms with E-state index >= 15 is 0 Å². The van der Waals surface area contributed by atoms with Gasteiger partial charge in [-0.15, -0.1) is 0 Å². The second-order valence-corrected chi connectivity index (χ2v) is 6.63. The summed E-state index contributed by atoms with van der Waals surface area (Å²) in [4.78, 5) is 16.5. The summed E-state index contributed by atoms with van der Waals surface area (Å²) in [6, 6.07) is 18.9. The van der Waals surface area contributed by atoms with Crippen LogP contribution in [0.1, 0.15) is 21.5 Å². The van der Waals surface area contributed by atoms with Gasteiger partial charge in [0.05, 0.1) is 0 Å². The average molecular weight is 364 g/mol. The lowest BCUT2D eigenvalue weighted by Crippen LogP contribution is -2.11. The smallest absolute Gasteiger partial charge is 0.255 e. The van der Waals surface area contributed by atoms with E-state index in [0.717, 1.165) is 11.3 Å². The first-order chi connectivity index (χ1) is 12.7. The maximum absolute atomic E-state index is 12.4. The SMILES string of the molecule is CSCc1ccc(C(=O)Nc2cccc(OCc3cccnc3)c2)cc1. The maximum atomic E-state index is 12.4. The zero-order chi connectivity index (χ0) is 18.2. The molecule has 4 nitrogen and oxygen atoms in total. The third-order valence-electron chi connectivity index (χ3n) is 3.75. The summed E-state index contributed by atoms with van der Waals surface area (Å²) >= 11 is 1.76. The first-order valence-electron chi connectivity index (χ1n) is 8.25. The number of hydrogen-bond donors (Lipinski definition) is 1. The van der Waals surface area contributed by atoms with E-state index in [9.17, 15) is 4.79 Å². The molecule has 1 aromatic heterocycles. The third kappa shape index (κ3) is 5.10. The molecule has 132 valence electrons. The number of rotatable bonds is 7. The van der Waals surface area contributed by atoms with Gasteiger partial charge in [0, 0.05) is 41.0 Å². The molecule has 0 aliphatic heterocycles. The van der Waals surface area contributed by atoms with Gasteiger partial charge in [-0.25, -0.2) is 0 Å². The molecule has 0 spiro atoms. The van der Waals surface area contributed by atoms with Gasteiger partial charge in [-0.2, -0.15) is 11.8 Å². The molecule has 0 bridgehead atoms. The highest BCUT2D eigenvalue weighted by atomic mass is 32.2. The van der Waals surface area contributed by atoms with Crippen LogP contribution in [0, 0.1) is 0 Å². The Balaban J connectivity index is 1.61. The zero-order valence-electron chi connectivity index (χ0n) is 14.5. The summed E-state index contributed by atoms with van der Waals surface area (Å²) < 4.78 is 5.77. The van der Waals surface area contributed by atoms with Crippen molar-refractivity contribution in [3.05, 3.63) is 89.7 Å². The van der Waals surface area contributed by atoms with E-state index in [1.807, 2.05) is 60.7 Å². The third-order valence-corrected chi connectivity index (χ3v) is 4.37. The Morgan fingerprint density at radius 1 is 1.08 bits per heavy atom. The van der Waals surface area contributed by atoms with E-state index in [4.69, 9.17) is 4.74 Å². The van der Waals surface area contributed by atoms with Crippen molar-refractivity contribution in [1.82, 2.24) is 4.98 Å². The minimum Gasteiger partial charge on any atom is -0.489 e. The molecular formula is C21H20N2O2S. The van der Waals surface area contributed by atoms with Gasteiger partial charge in [0.1, 0.15) is 12.4 Å².